The van der Waals surface area contributed by atoms with E-state index >= 15 is 0 Å². The highest BCUT2D eigenvalue weighted by Gasteiger charge is 2.23. The van der Waals surface area contributed by atoms with Gasteiger partial charge in [-0.25, -0.2) is 13.1 Å². The molecule has 2 aromatic rings. The molecule has 7 heteroatoms. The molecule has 1 aliphatic rings. The summed E-state index contributed by atoms with van der Waals surface area (Å²) in [6.07, 6.45) is 3.40. The van der Waals surface area contributed by atoms with Crippen molar-refractivity contribution in [2.75, 3.05) is 23.7 Å². The Hall–Kier alpha value is -1.37. The van der Waals surface area contributed by atoms with Crippen LogP contribution in [0.25, 0.3) is 10.9 Å². The molecule has 0 unspecified atom stereocenters. The van der Waals surface area contributed by atoms with Crippen LogP contribution in [0.3, 0.4) is 0 Å². The van der Waals surface area contributed by atoms with Crippen LogP contribution in [-0.2, 0) is 10.0 Å². The Balaban J connectivity index is 1.76. The van der Waals surface area contributed by atoms with E-state index in [4.69, 9.17) is 11.6 Å². The summed E-state index contributed by atoms with van der Waals surface area (Å²) in [5.41, 5.74) is 2.01. The molecule has 1 fully saturated rings. The van der Waals surface area contributed by atoms with Crippen molar-refractivity contribution in [3.8, 4) is 0 Å². The van der Waals surface area contributed by atoms with E-state index in [1.54, 1.807) is 13.1 Å². The predicted octanol–water partition coefficient (Wildman–Crippen LogP) is 2.80. The zero-order valence-corrected chi connectivity index (χ0v) is 14.6. The minimum absolute atomic E-state index is 0.0266. The van der Waals surface area contributed by atoms with Crippen LogP contribution in [0, 0.1) is 0 Å². The summed E-state index contributed by atoms with van der Waals surface area (Å²) in [7, 11) is -3.13. The van der Waals surface area contributed by atoms with E-state index < -0.39 is 10.0 Å². The van der Waals surface area contributed by atoms with Crippen molar-refractivity contribution in [2.24, 2.45) is 0 Å². The average molecular weight is 354 g/mol. The molecule has 0 atom stereocenters. The third kappa shape index (κ3) is 3.76. The maximum Gasteiger partial charge on any atom is 0.211 e. The van der Waals surface area contributed by atoms with Gasteiger partial charge in [-0.1, -0.05) is 11.6 Å². The molecule has 0 amide bonds. The smallest absolute Gasteiger partial charge is 0.211 e. The van der Waals surface area contributed by atoms with Crippen molar-refractivity contribution in [3.63, 3.8) is 0 Å². The van der Waals surface area contributed by atoms with Gasteiger partial charge in [0.1, 0.15) is 0 Å². The van der Waals surface area contributed by atoms with E-state index in [1.807, 2.05) is 24.3 Å². The monoisotopic (exact) mass is 353 g/mol. The van der Waals surface area contributed by atoms with Gasteiger partial charge in [0.15, 0.2) is 0 Å². The second-order valence-corrected chi connectivity index (χ2v) is 8.25. The lowest BCUT2D eigenvalue weighted by Gasteiger charge is -2.34. The van der Waals surface area contributed by atoms with Crippen molar-refractivity contribution in [1.82, 2.24) is 9.71 Å². The molecule has 1 aliphatic heterocycles. The second kappa shape index (κ2) is 6.63. The number of nitrogens with zero attached hydrogens (tertiary/aromatic N) is 2. The number of sulfonamides is 1. The van der Waals surface area contributed by atoms with Crippen molar-refractivity contribution < 1.29 is 8.42 Å². The summed E-state index contributed by atoms with van der Waals surface area (Å²) in [4.78, 5) is 6.66. The molecule has 23 heavy (non-hydrogen) atoms. The summed E-state index contributed by atoms with van der Waals surface area (Å²) in [5, 5.41) is 1.75. The molecule has 0 radical (unpaired) electrons. The Morgan fingerprint density at radius 1 is 1.30 bits per heavy atom. The SMILES string of the molecule is CCS(=O)(=O)NC1CCN(c2ccnc3cc(Cl)ccc23)CC1. The van der Waals surface area contributed by atoms with E-state index in [2.05, 4.69) is 14.6 Å². The number of anilines is 1. The average Bonchev–Trinajstić information content (AvgIpc) is 2.54. The van der Waals surface area contributed by atoms with Gasteiger partial charge in [0.25, 0.3) is 0 Å². The summed E-state index contributed by atoms with van der Waals surface area (Å²) in [6.45, 7) is 3.29. The fraction of sp³-hybridized carbons (Fsp3) is 0.438. The summed E-state index contributed by atoms with van der Waals surface area (Å²) < 4.78 is 26.1. The molecule has 1 aromatic carbocycles. The third-order valence-electron chi connectivity index (χ3n) is 4.24. The number of hydrogen-bond acceptors (Lipinski definition) is 4. The molecule has 1 N–H and O–H groups in total. The molecular formula is C16H20ClN3O2S. The molecule has 0 saturated carbocycles. The lowest BCUT2D eigenvalue weighted by Crippen LogP contribution is -2.45. The Bertz CT molecular complexity index is 802. The zero-order chi connectivity index (χ0) is 16.4. The first-order valence-corrected chi connectivity index (χ1v) is 9.81. The first-order valence-electron chi connectivity index (χ1n) is 7.78. The van der Waals surface area contributed by atoms with Crippen molar-refractivity contribution in [1.29, 1.82) is 0 Å². The number of nitrogens with one attached hydrogen (secondary N) is 1. The highest BCUT2D eigenvalue weighted by molar-refractivity contribution is 7.89. The van der Waals surface area contributed by atoms with Gasteiger partial charge < -0.3 is 4.90 Å². The highest BCUT2D eigenvalue weighted by atomic mass is 35.5. The van der Waals surface area contributed by atoms with E-state index in [0.717, 1.165) is 42.5 Å². The molecule has 1 aromatic heterocycles. The fourth-order valence-corrected chi connectivity index (χ4v) is 4.03. The maximum absolute atomic E-state index is 11.7. The second-order valence-electron chi connectivity index (χ2n) is 5.77. The van der Waals surface area contributed by atoms with Gasteiger partial charge in [0, 0.05) is 41.4 Å². The van der Waals surface area contributed by atoms with Gasteiger partial charge in [-0.2, -0.15) is 0 Å². The Labute approximate surface area is 141 Å². The quantitative estimate of drug-likeness (QED) is 0.918. The number of fused-ring (bicyclic) bond motifs is 1. The van der Waals surface area contributed by atoms with Crippen LogP contribution in [0.1, 0.15) is 19.8 Å². The molecule has 0 bridgehead atoms. The van der Waals surface area contributed by atoms with Crippen LogP contribution in [0.5, 0.6) is 0 Å². The molecule has 2 heterocycles. The lowest BCUT2D eigenvalue weighted by atomic mass is 10.0. The zero-order valence-electron chi connectivity index (χ0n) is 13.0. The van der Waals surface area contributed by atoms with Gasteiger partial charge in [-0.05, 0) is 44.0 Å². The number of benzene rings is 1. The van der Waals surface area contributed by atoms with Crippen LogP contribution < -0.4 is 9.62 Å². The van der Waals surface area contributed by atoms with Crippen LogP contribution in [-0.4, -0.2) is 38.3 Å². The molecule has 1 saturated heterocycles. The number of rotatable bonds is 4. The number of pyridine rings is 1. The van der Waals surface area contributed by atoms with Crippen LogP contribution >= 0.6 is 11.6 Å². The van der Waals surface area contributed by atoms with Gasteiger partial charge in [0.05, 0.1) is 11.3 Å². The van der Waals surface area contributed by atoms with Gasteiger partial charge >= 0.3 is 0 Å². The maximum atomic E-state index is 11.7. The van der Waals surface area contributed by atoms with Crippen LogP contribution in [0.2, 0.25) is 5.02 Å². The van der Waals surface area contributed by atoms with Gasteiger partial charge in [0.2, 0.25) is 10.0 Å². The normalized spacial score (nSPS) is 16.9. The lowest BCUT2D eigenvalue weighted by molar-refractivity contribution is 0.461. The van der Waals surface area contributed by atoms with Crippen LogP contribution in [0.4, 0.5) is 5.69 Å². The first-order chi connectivity index (χ1) is 11.0. The number of piperidine rings is 1. The van der Waals surface area contributed by atoms with E-state index in [0.29, 0.717) is 5.02 Å². The van der Waals surface area contributed by atoms with Crippen molar-refractivity contribution in [2.45, 2.75) is 25.8 Å². The highest BCUT2D eigenvalue weighted by Crippen LogP contribution is 2.29. The fourth-order valence-electron chi connectivity index (χ4n) is 2.96. The number of halogens is 1. The topological polar surface area (TPSA) is 62.3 Å². The predicted molar refractivity (Wildman–Crippen MR) is 94.6 cm³/mol. The molecular weight excluding hydrogens is 334 g/mol. The van der Waals surface area contributed by atoms with Crippen molar-refractivity contribution >= 4 is 38.2 Å². The minimum atomic E-state index is -3.13. The third-order valence-corrected chi connectivity index (χ3v) is 5.93. The van der Waals surface area contributed by atoms with Crippen LogP contribution in [0.15, 0.2) is 30.5 Å². The van der Waals surface area contributed by atoms with E-state index in [9.17, 15) is 8.42 Å². The Morgan fingerprint density at radius 3 is 2.74 bits per heavy atom. The van der Waals surface area contributed by atoms with Crippen molar-refractivity contribution in [3.05, 3.63) is 35.5 Å². The molecule has 124 valence electrons. The first kappa shape index (κ1) is 16.5. The molecule has 3 rings (SSSR count). The summed E-state index contributed by atoms with van der Waals surface area (Å²) in [6, 6.07) is 7.76. The number of aromatic nitrogens is 1. The summed E-state index contributed by atoms with van der Waals surface area (Å²) in [5.74, 6) is 0.128. The molecule has 0 spiro atoms. The Kier molecular flexibility index (Phi) is 4.75. The van der Waals surface area contributed by atoms with Gasteiger partial charge in [-0.3, -0.25) is 4.98 Å². The summed E-state index contributed by atoms with van der Waals surface area (Å²) >= 11 is 6.03. The number of hydrogen-bond donors (Lipinski definition) is 1. The minimum Gasteiger partial charge on any atom is -0.371 e. The molecule has 5 nitrogen and oxygen atoms in total. The molecule has 0 aliphatic carbocycles. The van der Waals surface area contributed by atoms with E-state index in [1.165, 1.54) is 0 Å². The Morgan fingerprint density at radius 2 is 2.04 bits per heavy atom. The largest absolute Gasteiger partial charge is 0.371 e. The standard InChI is InChI=1S/C16H20ClN3O2S/c1-2-23(21,22)19-13-6-9-20(10-7-13)16-5-8-18-15-11-12(17)3-4-14(15)16/h3-5,8,11,13,19H,2,6-7,9-10H2,1H3. The van der Waals surface area contributed by atoms with Gasteiger partial charge in [-0.15, -0.1) is 0 Å². The van der Waals surface area contributed by atoms with E-state index in [-0.39, 0.29) is 11.8 Å².